The van der Waals surface area contributed by atoms with Crippen molar-refractivity contribution in [1.82, 2.24) is 0 Å². The minimum Gasteiger partial charge on any atom is -0.490 e. The van der Waals surface area contributed by atoms with Gasteiger partial charge in [-0.2, -0.15) is 0 Å². The molecular formula is C17H20O4. The first-order valence-electron chi connectivity index (χ1n) is 8.94. The molecule has 4 nitrogen and oxygen atoms in total. The largest absolute Gasteiger partial charge is 0.490 e. The van der Waals surface area contributed by atoms with Gasteiger partial charge in [0.1, 0.15) is 6.10 Å². The molecular weight excluding hydrogens is 268 g/mol. The van der Waals surface area contributed by atoms with Gasteiger partial charge in [-0.25, -0.2) is 0 Å². The highest BCUT2D eigenvalue weighted by Gasteiger charge is 2.23. The zero-order valence-corrected chi connectivity index (χ0v) is 11.3. The topological polar surface area (TPSA) is 58.9 Å². The zero-order valence-electron chi connectivity index (χ0n) is 16.3. The molecule has 2 atom stereocenters. The summed E-state index contributed by atoms with van der Waals surface area (Å²) >= 11 is 0. The van der Waals surface area contributed by atoms with E-state index in [1.165, 1.54) is 18.2 Å². The Morgan fingerprint density at radius 1 is 1.10 bits per heavy atom. The number of ether oxygens (including phenoxy) is 2. The molecule has 0 spiro atoms. The van der Waals surface area contributed by atoms with E-state index in [0.717, 1.165) is 0 Å². The van der Waals surface area contributed by atoms with Crippen LogP contribution in [0.25, 0.3) is 0 Å². The van der Waals surface area contributed by atoms with Crippen molar-refractivity contribution in [3.63, 3.8) is 0 Å². The summed E-state index contributed by atoms with van der Waals surface area (Å²) in [4.78, 5) is 0. The summed E-state index contributed by atoms with van der Waals surface area (Å²) < 4.78 is 47.8. The monoisotopic (exact) mass is 293 g/mol. The van der Waals surface area contributed by atoms with E-state index >= 15 is 0 Å². The van der Waals surface area contributed by atoms with Crippen LogP contribution in [0.3, 0.4) is 0 Å². The number of rotatable bonds is 7. The van der Waals surface area contributed by atoms with Gasteiger partial charge in [0.05, 0.1) is 15.9 Å². The van der Waals surface area contributed by atoms with E-state index in [1.54, 1.807) is 36.4 Å². The number of hydrogen-bond acceptors (Lipinski definition) is 4. The van der Waals surface area contributed by atoms with Crippen LogP contribution < -0.4 is 9.47 Å². The maximum Gasteiger partial charge on any atom is 0.162 e. The summed E-state index contributed by atoms with van der Waals surface area (Å²) in [6.45, 7) is -6.48. The van der Waals surface area contributed by atoms with Gasteiger partial charge in [-0.1, -0.05) is 42.5 Å². The van der Waals surface area contributed by atoms with Crippen molar-refractivity contribution in [2.75, 3.05) is 13.2 Å². The fraction of sp³-hybridized carbons (Fsp3) is 0.294. The van der Waals surface area contributed by atoms with Gasteiger partial charge in [-0.15, -0.1) is 0 Å². The third-order valence-electron chi connectivity index (χ3n) is 2.93. The van der Waals surface area contributed by atoms with Gasteiger partial charge in [0.25, 0.3) is 0 Å². The van der Waals surface area contributed by atoms with Gasteiger partial charge >= 0.3 is 0 Å². The van der Waals surface area contributed by atoms with E-state index in [0.29, 0.717) is 5.56 Å². The molecule has 4 heteroatoms. The molecule has 112 valence electrons. The second-order valence-corrected chi connectivity index (χ2v) is 4.35. The van der Waals surface area contributed by atoms with Crippen LogP contribution in [0.4, 0.5) is 0 Å². The van der Waals surface area contributed by atoms with E-state index in [9.17, 15) is 10.2 Å². The molecule has 0 fully saturated rings. The van der Waals surface area contributed by atoms with Gasteiger partial charge in [0.2, 0.25) is 0 Å². The van der Waals surface area contributed by atoms with Crippen molar-refractivity contribution >= 4 is 0 Å². The molecule has 0 heterocycles. The highest BCUT2D eigenvalue weighted by molar-refractivity contribution is 5.40. The number of hydrogen-bond donors (Lipinski definition) is 2. The van der Waals surface area contributed by atoms with Crippen molar-refractivity contribution in [3.8, 4) is 11.5 Å². The molecule has 21 heavy (non-hydrogen) atoms. The molecule has 0 aliphatic carbocycles. The highest BCUT2D eigenvalue weighted by Crippen LogP contribution is 2.32. The molecule has 2 rings (SSSR count). The molecule has 2 aromatic carbocycles. The van der Waals surface area contributed by atoms with Gasteiger partial charge in [0, 0.05) is 4.11 Å². The predicted molar refractivity (Wildman–Crippen MR) is 80.5 cm³/mol. The second kappa shape index (κ2) is 7.67. The van der Waals surface area contributed by atoms with E-state index < -0.39 is 32.2 Å². The van der Waals surface area contributed by atoms with E-state index in [-0.39, 0.29) is 11.5 Å². The predicted octanol–water partition coefficient (Wildman–Crippen LogP) is 2.56. The van der Waals surface area contributed by atoms with Crippen LogP contribution in [0.5, 0.6) is 11.5 Å². The molecule has 2 N–H and O–H groups in total. The van der Waals surface area contributed by atoms with E-state index in [4.69, 9.17) is 16.3 Å². The summed E-state index contributed by atoms with van der Waals surface area (Å²) in [6.07, 6.45) is -2.20. The molecule has 0 bridgehead atoms. The Morgan fingerprint density at radius 2 is 1.76 bits per heavy atom. The van der Waals surface area contributed by atoms with Crippen molar-refractivity contribution in [2.45, 2.75) is 19.1 Å². The first-order chi connectivity index (χ1) is 12.2. The Balaban J connectivity index is 2.33. The van der Waals surface area contributed by atoms with Crippen molar-refractivity contribution < 1.29 is 26.5 Å². The summed E-state index contributed by atoms with van der Waals surface area (Å²) in [7, 11) is 0. The minimum atomic E-state index is -3.00. The lowest BCUT2D eigenvalue weighted by atomic mass is 10.0. The maximum atomic E-state index is 10.1. The first-order valence-corrected chi connectivity index (χ1v) is 6.44. The molecule has 0 unspecified atom stereocenters. The summed E-state index contributed by atoms with van der Waals surface area (Å²) in [5.41, 5.74) is 0.586. The zero-order chi connectivity index (χ0) is 19.4. The van der Waals surface area contributed by atoms with Gasteiger partial charge in [0.15, 0.2) is 17.6 Å². The normalized spacial score (nSPS) is 18.3. The lowest BCUT2D eigenvalue weighted by molar-refractivity contribution is -0.00305. The lowest BCUT2D eigenvalue weighted by Gasteiger charge is -2.24. The summed E-state index contributed by atoms with van der Waals surface area (Å²) in [5.74, 6) is -0.0818. The number of para-hydroxylation sites is 2. The van der Waals surface area contributed by atoms with Crippen LogP contribution in [0.2, 0.25) is 0 Å². The molecule has 0 aromatic heterocycles. The maximum absolute atomic E-state index is 10.1. The average Bonchev–Trinajstić information content (AvgIpc) is 2.60. The average molecular weight is 293 g/mol. The van der Waals surface area contributed by atoms with Crippen LogP contribution in [0.1, 0.15) is 25.4 Å². The van der Waals surface area contributed by atoms with Crippen LogP contribution in [-0.4, -0.2) is 29.5 Å². The van der Waals surface area contributed by atoms with Crippen LogP contribution in [0.15, 0.2) is 54.6 Å². The van der Waals surface area contributed by atoms with Gasteiger partial charge in [-0.3, -0.25) is 0 Å². The number of aliphatic hydroxyl groups is 2. The van der Waals surface area contributed by atoms with E-state index in [2.05, 4.69) is 0 Å². The van der Waals surface area contributed by atoms with Crippen LogP contribution in [-0.2, 0) is 0 Å². The third-order valence-corrected chi connectivity index (χ3v) is 2.93. The standard InChI is InChI=1S/C17H20O4/c1-2-20-15-10-6-7-11-16(15)21-17(14(19)12-18)13-8-4-3-5-9-13/h3-11,14,17-19H,2,12H2,1H3/t14-,17-/m0/s1/i1D3,2D2. The lowest BCUT2D eigenvalue weighted by Crippen LogP contribution is -2.27. The molecule has 0 aliphatic heterocycles. The molecule has 0 radical (unpaired) electrons. The van der Waals surface area contributed by atoms with Crippen molar-refractivity contribution in [2.24, 2.45) is 0 Å². The Hall–Kier alpha value is -2.04. The number of aliphatic hydroxyl groups excluding tert-OH is 2. The fourth-order valence-corrected chi connectivity index (χ4v) is 1.93. The first kappa shape index (κ1) is 9.82. The van der Waals surface area contributed by atoms with Crippen molar-refractivity contribution in [3.05, 3.63) is 60.2 Å². The Morgan fingerprint density at radius 3 is 2.43 bits per heavy atom. The van der Waals surface area contributed by atoms with Gasteiger partial charge < -0.3 is 19.7 Å². The van der Waals surface area contributed by atoms with E-state index in [1.807, 2.05) is 0 Å². The van der Waals surface area contributed by atoms with Gasteiger partial charge in [-0.05, 0) is 24.5 Å². The smallest absolute Gasteiger partial charge is 0.162 e. The molecule has 0 saturated heterocycles. The molecule has 0 amide bonds. The number of benzene rings is 2. The highest BCUT2D eigenvalue weighted by atomic mass is 16.5. The summed E-state index contributed by atoms with van der Waals surface area (Å²) in [6, 6.07) is 14.6. The molecule has 2 aromatic rings. The Kier molecular flexibility index (Phi) is 3.58. The Bertz CT molecular complexity index is 706. The van der Waals surface area contributed by atoms with Crippen LogP contribution >= 0.6 is 0 Å². The quantitative estimate of drug-likeness (QED) is 0.823. The fourth-order valence-electron chi connectivity index (χ4n) is 1.93. The van der Waals surface area contributed by atoms with Crippen LogP contribution in [0, 0.1) is 0 Å². The molecule has 0 aliphatic rings. The minimum absolute atomic E-state index is 0.0435. The molecule has 0 saturated carbocycles. The second-order valence-electron chi connectivity index (χ2n) is 4.35. The Labute approximate surface area is 131 Å². The SMILES string of the molecule is [2H]C([2H])([2H])C([2H])([2H])Oc1ccccc1O[C@@H](c1ccccc1)[C@@H](O)CO. The third kappa shape index (κ3) is 3.97. The summed E-state index contributed by atoms with van der Waals surface area (Å²) in [5, 5.41) is 19.4. The van der Waals surface area contributed by atoms with Crippen molar-refractivity contribution in [1.29, 1.82) is 0 Å².